The summed E-state index contributed by atoms with van der Waals surface area (Å²) in [5, 5.41) is 2.68. The molecule has 0 amide bonds. The Labute approximate surface area is 126 Å². The zero-order chi connectivity index (χ0) is 14.7. The first-order valence-corrected chi connectivity index (χ1v) is 7.63. The highest BCUT2D eigenvalue weighted by Gasteiger charge is 2.19. The molecule has 0 spiro atoms. The van der Waals surface area contributed by atoms with E-state index < -0.39 is 0 Å². The van der Waals surface area contributed by atoms with Gasteiger partial charge in [0.25, 0.3) is 0 Å². The second-order valence-corrected chi connectivity index (χ2v) is 5.66. The van der Waals surface area contributed by atoms with Crippen LogP contribution < -0.4 is 10.4 Å². The monoisotopic (exact) mass is 275 g/mol. The number of fused-ring (bicyclic) bond motifs is 1. The summed E-state index contributed by atoms with van der Waals surface area (Å²) in [6.07, 6.45) is 10.9. The highest BCUT2D eigenvalue weighted by Crippen LogP contribution is 2.27. The zero-order valence-corrected chi connectivity index (χ0v) is 12.7. The van der Waals surface area contributed by atoms with Crippen LogP contribution in [0.5, 0.6) is 0 Å². The molecular formula is C20H21N. The fourth-order valence-electron chi connectivity index (χ4n) is 3.02. The van der Waals surface area contributed by atoms with E-state index in [1.807, 2.05) is 6.20 Å². The molecule has 0 saturated heterocycles. The van der Waals surface area contributed by atoms with Crippen LogP contribution in [-0.4, -0.2) is 4.98 Å². The summed E-state index contributed by atoms with van der Waals surface area (Å²) in [5.41, 5.74) is 3.72. The molecule has 1 nitrogen and oxygen atoms in total. The molecule has 1 aromatic heterocycles. The van der Waals surface area contributed by atoms with E-state index in [1.165, 1.54) is 21.6 Å². The van der Waals surface area contributed by atoms with E-state index >= 15 is 0 Å². The van der Waals surface area contributed by atoms with E-state index in [0.717, 1.165) is 18.5 Å². The van der Waals surface area contributed by atoms with Gasteiger partial charge < -0.3 is 0 Å². The highest BCUT2D eigenvalue weighted by atomic mass is 14.7. The smallest absolute Gasteiger partial charge is 0.0671 e. The second kappa shape index (κ2) is 6.09. The Bertz CT molecular complexity index is 766. The molecule has 0 radical (unpaired) electrons. The van der Waals surface area contributed by atoms with Crippen molar-refractivity contribution in [2.24, 2.45) is 5.92 Å². The molecule has 0 N–H and O–H groups in total. The van der Waals surface area contributed by atoms with E-state index in [1.54, 1.807) is 0 Å². The molecule has 1 atom stereocenters. The van der Waals surface area contributed by atoms with Crippen LogP contribution in [0.1, 0.15) is 31.0 Å². The van der Waals surface area contributed by atoms with Gasteiger partial charge in [0.05, 0.1) is 5.69 Å². The van der Waals surface area contributed by atoms with Crippen molar-refractivity contribution < 1.29 is 0 Å². The minimum Gasteiger partial charge on any atom is -0.256 e. The van der Waals surface area contributed by atoms with Gasteiger partial charge in [0.2, 0.25) is 0 Å². The van der Waals surface area contributed by atoms with Gasteiger partial charge in [0, 0.05) is 6.20 Å². The van der Waals surface area contributed by atoms with E-state index in [9.17, 15) is 0 Å². The number of pyridine rings is 1. The third-order valence-corrected chi connectivity index (χ3v) is 4.13. The average molecular weight is 275 g/mol. The molecule has 106 valence electrons. The van der Waals surface area contributed by atoms with E-state index in [0.29, 0.717) is 5.92 Å². The Kier molecular flexibility index (Phi) is 4.01. The van der Waals surface area contributed by atoms with Crippen LogP contribution in [0.4, 0.5) is 0 Å². The first-order valence-electron chi connectivity index (χ1n) is 7.63. The van der Waals surface area contributed by atoms with Gasteiger partial charge in [-0.2, -0.15) is 0 Å². The van der Waals surface area contributed by atoms with Gasteiger partial charge in [-0.3, -0.25) is 4.98 Å². The summed E-state index contributed by atoms with van der Waals surface area (Å²) in [5.74, 6) is 0.520. The molecule has 1 aromatic carbocycles. The summed E-state index contributed by atoms with van der Waals surface area (Å²) in [6.45, 7) is 4.17. The van der Waals surface area contributed by atoms with Crippen LogP contribution in [0.2, 0.25) is 0 Å². The van der Waals surface area contributed by atoms with Crippen molar-refractivity contribution in [3.05, 3.63) is 76.4 Å². The Hall–Kier alpha value is -2.15. The van der Waals surface area contributed by atoms with Crippen LogP contribution in [0, 0.1) is 12.8 Å². The molecule has 0 aliphatic heterocycles. The highest BCUT2D eigenvalue weighted by molar-refractivity contribution is 5.67. The summed E-state index contributed by atoms with van der Waals surface area (Å²) < 4.78 is 0. The van der Waals surface area contributed by atoms with Gasteiger partial charge in [-0.05, 0) is 60.2 Å². The maximum Gasteiger partial charge on any atom is 0.0671 e. The van der Waals surface area contributed by atoms with Gasteiger partial charge >= 0.3 is 0 Å². The maximum atomic E-state index is 4.68. The maximum absolute atomic E-state index is 4.68. The quantitative estimate of drug-likeness (QED) is 0.783. The molecule has 0 saturated carbocycles. The summed E-state index contributed by atoms with van der Waals surface area (Å²) >= 11 is 0. The predicted octanol–water partition coefficient (Wildman–Crippen LogP) is 3.36. The summed E-state index contributed by atoms with van der Waals surface area (Å²) in [6, 6.07) is 13.0. The van der Waals surface area contributed by atoms with Crippen molar-refractivity contribution in [1.29, 1.82) is 0 Å². The number of rotatable bonds is 3. The molecule has 21 heavy (non-hydrogen) atoms. The lowest BCUT2D eigenvalue weighted by molar-refractivity contribution is 0.698. The molecule has 1 aliphatic rings. The number of hydrogen-bond donors (Lipinski definition) is 0. The number of benzene rings is 1. The van der Waals surface area contributed by atoms with Crippen molar-refractivity contribution in [3.8, 4) is 0 Å². The molecule has 1 unspecified atom stereocenters. The van der Waals surface area contributed by atoms with Gasteiger partial charge in [-0.25, -0.2) is 0 Å². The largest absolute Gasteiger partial charge is 0.256 e. The number of hydrogen-bond acceptors (Lipinski definition) is 1. The molecule has 0 bridgehead atoms. The standard InChI is InChI=1S/C20H21N/c1-3-4-7-17-12-11-16-8-5-6-9-18(16)20(17)19-13-10-15(2)14-21-19/h3-6,8-11,13-14,17H,7,12H2,1-2H3. The van der Waals surface area contributed by atoms with Crippen LogP contribution >= 0.6 is 0 Å². The second-order valence-electron chi connectivity index (χ2n) is 5.66. The van der Waals surface area contributed by atoms with Gasteiger partial charge in [0.15, 0.2) is 0 Å². The minimum atomic E-state index is 0.520. The minimum absolute atomic E-state index is 0.520. The van der Waals surface area contributed by atoms with Crippen molar-refractivity contribution in [1.82, 2.24) is 4.98 Å². The van der Waals surface area contributed by atoms with E-state index in [-0.39, 0.29) is 0 Å². The van der Waals surface area contributed by atoms with Gasteiger partial charge in [-0.15, -0.1) is 0 Å². The number of allylic oxidation sites excluding steroid dienone is 2. The van der Waals surface area contributed by atoms with E-state index in [4.69, 9.17) is 0 Å². The lowest BCUT2D eigenvalue weighted by Gasteiger charge is -2.21. The van der Waals surface area contributed by atoms with Gasteiger partial charge in [-0.1, -0.05) is 48.6 Å². The fraction of sp³-hybridized carbons (Fsp3) is 0.250. The van der Waals surface area contributed by atoms with E-state index in [2.05, 4.69) is 73.5 Å². The zero-order valence-electron chi connectivity index (χ0n) is 12.7. The molecule has 1 heteroatoms. The topological polar surface area (TPSA) is 12.9 Å². The Balaban J connectivity index is 2.21. The van der Waals surface area contributed by atoms with Crippen molar-refractivity contribution >= 4 is 11.6 Å². The molecule has 1 heterocycles. The van der Waals surface area contributed by atoms with Gasteiger partial charge in [0.1, 0.15) is 0 Å². The number of nitrogens with zero attached hydrogens (tertiary/aromatic N) is 1. The molecule has 3 rings (SSSR count). The average Bonchev–Trinajstić information content (AvgIpc) is 2.53. The number of aromatic nitrogens is 1. The molecular weight excluding hydrogens is 254 g/mol. The van der Waals surface area contributed by atoms with Crippen LogP contribution in [-0.2, 0) is 0 Å². The summed E-state index contributed by atoms with van der Waals surface area (Å²) in [7, 11) is 0. The summed E-state index contributed by atoms with van der Waals surface area (Å²) in [4.78, 5) is 4.68. The van der Waals surface area contributed by atoms with Crippen molar-refractivity contribution in [3.63, 3.8) is 0 Å². The third kappa shape index (κ3) is 2.82. The molecule has 2 aromatic rings. The normalized spacial score (nSPS) is 17.6. The van der Waals surface area contributed by atoms with Crippen molar-refractivity contribution in [2.75, 3.05) is 0 Å². The third-order valence-electron chi connectivity index (χ3n) is 4.13. The predicted molar refractivity (Wildman–Crippen MR) is 89.2 cm³/mol. The Morgan fingerprint density at radius 1 is 1.19 bits per heavy atom. The van der Waals surface area contributed by atoms with Crippen molar-refractivity contribution in [2.45, 2.75) is 26.7 Å². The molecule has 1 aliphatic carbocycles. The Morgan fingerprint density at radius 3 is 2.81 bits per heavy atom. The lowest BCUT2D eigenvalue weighted by Crippen LogP contribution is -2.33. The first-order chi connectivity index (χ1) is 10.3. The fourth-order valence-corrected chi connectivity index (χ4v) is 3.02. The lowest BCUT2D eigenvalue weighted by atomic mass is 9.84. The van der Waals surface area contributed by atoms with Crippen LogP contribution in [0.3, 0.4) is 0 Å². The van der Waals surface area contributed by atoms with Crippen LogP contribution in [0.15, 0.2) is 54.7 Å². The first kappa shape index (κ1) is 13.8. The molecule has 0 fully saturated rings. The number of aryl methyl sites for hydroxylation is 1. The SMILES string of the molecule is CC=CCC1CC=c2ccccc2=C1c1ccc(C)cn1. The Morgan fingerprint density at radius 2 is 2.05 bits per heavy atom. The van der Waals surface area contributed by atoms with Crippen LogP contribution in [0.25, 0.3) is 11.6 Å².